The molecule has 0 aliphatic heterocycles. The van der Waals surface area contributed by atoms with Gasteiger partial charge in [-0.05, 0) is 54.3 Å². The Kier molecular flexibility index (Phi) is 3.40. The number of nitrogens with two attached hydrogens (primary N) is 1. The fourth-order valence-corrected chi connectivity index (χ4v) is 2.53. The molecule has 1 atom stereocenters. The summed E-state index contributed by atoms with van der Waals surface area (Å²) < 4.78 is 32.1. The Hall–Kier alpha value is -1.94. The molecule has 104 valence electrons. The number of ether oxygens (including phenoxy) is 1. The maximum absolute atomic E-state index is 13.5. The molecule has 0 spiro atoms. The van der Waals surface area contributed by atoms with E-state index in [-0.39, 0.29) is 18.2 Å². The summed E-state index contributed by atoms with van der Waals surface area (Å²) >= 11 is 0. The van der Waals surface area contributed by atoms with Gasteiger partial charge in [0.25, 0.3) is 0 Å². The second-order valence-corrected chi connectivity index (χ2v) is 5.03. The van der Waals surface area contributed by atoms with Gasteiger partial charge in [0.2, 0.25) is 0 Å². The van der Waals surface area contributed by atoms with Gasteiger partial charge in [0.05, 0.1) is 0 Å². The molecule has 4 heteroatoms. The molecule has 0 unspecified atom stereocenters. The van der Waals surface area contributed by atoms with Gasteiger partial charge in [-0.2, -0.15) is 0 Å². The fourth-order valence-electron chi connectivity index (χ4n) is 2.53. The summed E-state index contributed by atoms with van der Waals surface area (Å²) in [7, 11) is 0. The first-order chi connectivity index (χ1) is 9.63. The molecule has 2 aromatic carbocycles. The van der Waals surface area contributed by atoms with Crippen molar-refractivity contribution in [3.63, 3.8) is 0 Å². The number of halogens is 2. The maximum atomic E-state index is 13.5. The molecule has 0 saturated heterocycles. The van der Waals surface area contributed by atoms with Gasteiger partial charge in [-0.3, -0.25) is 0 Å². The predicted octanol–water partition coefficient (Wildman–Crippen LogP) is 3.49. The van der Waals surface area contributed by atoms with Gasteiger partial charge in [-0.1, -0.05) is 6.07 Å². The highest BCUT2D eigenvalue weighted by Crippen LogP contribution is 2.32. The van der Waals surface area contributed by atoms with Crippen LogP contribution in [-0.2, 0) is 13.0 Å². The first kappa shape index (κ1) is 13.1. The minimum absolute atomic E-state index is 0.00837. The molecule has 1 aliphatic rings. The van der Waals surface area contributed by atoms with Crippen LogP contribution in [0.2, 0.25) is 0 Å². The van der Waals surface area contributed by atoms with Crippen LogP contribution in [0.5, 0.6) is 5.75 Å². The zero-order valence-electron chi connectivity index (χ0n) is 10.9. The van der Waals surface area contributed by atoms with Gasteiger partial charge >= 0.3 is 0 Å². The zero-order chi connectivity index (χ0) is 14.1. The van der Waals surface area contributed by atoms with Gasteiger partial charge in [0.1, 0.15) is 24.0 Å². The molecule has 0 heterocycles. The third-order valence-electron chi connectivity index (χ3n) is 3.64. The van der Waals surface area contributed by atoms with Crippen molar-refractivity contribution in [3.8, 4) is 5.75 Å². The highest BCUT2D eigenvalue weighted by molar-refractivity contribution is 5.40. The van der Waals surface area contributed by atoms with E-state index in [4.69, 9.17) is 10.5 Å². The quantitative estimate of drug-likeness (QED) is 0.930. The lowest BCUT2D eigenvalue weighted by molar-refractivity contribution is 0.298. The van der Waals surface area contributed by atoms with Gasteiger partial charge < -0.3 is 10.5 Å². The van der Waals surface area contributed by atoms with E-state index in [1.54, 1.807) is 0 Å². The molecule has 0 radical (unpaired) electrons. The van der Waals surface area contributed by atoms with E-state index < -0.39 is 11.6 Å². The smallest absolute Gasteiger partial charge is 0.130 e. The molecule has 0 bridgehead atoms. The predicted molar refractivity (Wildman–Crippen MR) is 72.4 cm³/mol. The molecular formula is C16H15F2NO. The Balaban J connectivity index is 1.74. The minimum atomic E-state index is -0.468. The Morgan fingerprint density at radius 2 is 2.00 bits per heavy atom. The van der Waals surface area contributed by atoms with E-state index >= 15 is 0 Å². The van der Waals surface area contributed by atoms with Crippen LogP contribution in [0.1, 0.15) is 29.2 Å². The topological polar surface area (TPSA) is 35.2 Å². The van der Waals surface area contributed by atoms with Crippen molar-refractivity contribution in [3.05, 3.63) is 64.7 Å². The van der Waals surface area contributed by atoms with Crippen molar-refractivity contribution in [1.82, 2.24) is 0 Å². The largest absolute Gasteiger partial charge is 0.489 e. The number of benzene rings is 2. The highest BCUT2D eigenvalue weighted by Gasteiger charge is 2.19. The van der Waals surface area contributed by atoms with Gasteiger partial charge in [-0.25, -0.2) is 8.78 Å². The minimum Gasteiger partial charge on any atom is -0.489 e. The lowest BCUT2D eigenvalue weighted by Crippen LogP contribution is -2.05. The number of hydrogen-bond donors (Lipinski definition) is 1. The van der Waals surface area contributed by atoms with Crippen LogP contribution in [0.3, 0.4) is 0 Å². The second kappa shape index (κ2) is 5.21. The molecule has 2 aromatic rings. The number of rotatable bonds is 3. The molecule has 20 heavy (non-hydrogen) atoms. The summed E-state index contributed by atoms with van der Waals surface area (Å²) in [6.45, 7) is 0.00837. The molecule has 2 nitrogen and oxygen atoms in total. The van der Waals surface area contributed by atoms with Gasteiger partial charge in [0.15, 0.2) is 0 Å². The van der Waals surface area contributed by atoms with Crippen LogP contribution in [0.25, 0.3) is 0 Å². The fraction of sp³-hybridized carbons (Fsp3) is 0.250. The summed E-state index contributed by atoms with van der Waals surface area (Å²) in [4.78, 5) is 0. The van der Waals surface area contributed by atoms with E-state index in [1.807, 2.05) is 18.2 Å². The van der Waals surface area contributed by atoms with Crippen molar-refractivity contribution in [1.29, 1.82) is 0 Å². The lowest BCUT2D eigenvalue weighted by Gasteiger charge is -2.10. The number of fused-ring (bicyclic) bond motifs is 1. The Bertz CT molecular complexity index is 642. The summed E-state index contributed by atoms with van der Waals surface area (Å²) in [6, 6.07) is 9.15. The van der Waals surface area contributed by atoms with Crippen LogP contribution in [0.4, 0.5) is 8.78 Å². The molecular weight excluding hydrogens is 260 g/mol. The molecule has 0 fully saturated rings. The van der Waals surface area contributed by atoms with Crippen molar-refractivity contribution in [2.24, 2.45) is 5.73 Å². The molecule has 3 rings (SSSR count). The van der Waals surface area contributed by atoms with Crippen LogP contribution >= 0.6 is 0 Å². The first-order valence-electron chi connectivity index (χ1n) is 6.58. The van der Waals surface area contributed by atoms with E-state index in [0.29, 0.717) is 5.75 Å². The molecule has 0 saturated carbocycles. The highest BCUT2D eigenvalue weighted by atomic mass is 19.1. The standard InChI is InChI=1S/C16H15F2NO/c17-12-2-5-15(18)11(7-12)9-20-13-3-4-14-10(8-13)1-6-16(14)19/h2-5,7-8,16H,1,6,9,19H2/t16-/m1/s1. The normalized spacial score (nSPS) is 17.1. The Morgan fingerprint density at radius 1 is 1.15 bits per heavy atom. The van der Waals surface area contributed by atoms with E-state index in [1.165, 1.54) is 5.56 Å². The molecule has 1 aliphatic carbocycles. The van der Waals surface area contributed by atoms with Gasteiger partial charge in [-0.15, -0.1) is 0 Å². The Morgan fingerprint density at radius 3 is 2.85 bits per heavy atom. The van der Waals surface area contributed by atoms with Crippen molar-refractivity contribution in [2.45, 2.75) is 25.5 Å². The van der Waals surface area contributed by atoms with E-state index in [0.717, 1.165) is 36.6 Å². The summed E-state index contributed by atoms with van der Waals surface area (Å²) in [6.07, 6.45) is 1.87. The number of hydrogen-bond acceptors (Lipinski definition) is 2. The van der Waals surface area contributed by atoms with Gasteiger partial charge in [0, 0.05) is 11.6 Å². The van der Waals surface area contributed by atoms with Crippen LogP contribution < -0.4 is 10.5 Å². The molecule has 0 amide bonds. The first-order valence-corrected chi connectivity index (χ1v) is 6.58. The SMILES string of the molecule is N[C@@H]1CCc2cc(OCc3cc(F)ccc3F)ccc21. The third-order valence-corrected chi connectivity index (χ3v) is 3.64. The lowest BCUT2D eigenvalue weighted by atomic mass is 10.1. The summed E-state index contributed by atoms with van der Waals surface area (Å²) in [5.74, 6) is -0.277. The monoisotopic (exact) mass is 275 g/mol. The molecule has 2 N–H and O–H groups in total. The average Bonchev–Trinajstić information content (AvgIpc) is 2.81. The second-order valence-electron chi connectivity index (χ2n) is 5.03. The zero-order valence-corrected chi connectivity index (χ0v) is 10.9. The van der Waals surface area contributed by atoms with Crippen LogP contribution in [-0.4, -0.2) is 0 Å². The third kappa shape index (κ3) is 2.51. The average molecular weight is 275 g/mol. The van der Waals surface area contributed by atoms with Crippen molar-refractivity contribution >= 4 is 0 Å². The Labute approximate surface area is 116 Å². The van der Waals surface area contributed by atoms with Crippen molar-refractivity contribution in [2.75, 3.05) is 0 Å². The van der Waals surface area contributed by atoms with E-state index in [2.05, 4.69) is 0 Å². The maximum Gasteiger partial charge on any atom is 0.130 e. The van der Waals surface area contributed by atoms with Crippen LogP contribution in [0.15, 0.2) is 36.4 Å². The summed E-state index contributed by atoms with van der Waals surface area (Å²) in [5, 5.41) is 0. The van der Waals surface area contributed by atoms with Crippen molar-refractivity contribution < 1.29 is 13.5 Å². The number of aryl methyl sites for hydroxylation is 1. The van der Waals surface area contributed by atoms with Crippen LogP contribution in [0, 0.1) is 11.6 Å². The molecule has 0 aromatic heterocycles. The van der Waals surface area contributed by atoms with E-state index in [9.17, 15) is 8.78 Å². The summed E-state index contributed by atoms with van der Waals surface area (Å²) in [5.41, 5.74) is 8.50.